The van der Waals surface area contributed by atoms with Crippen LogP contribution in [0.3, 0.4) is 0 Å². The summed E-state index contributed by atoms with van der Waals surface area (Å²) in [6.45, 7) is 9.51. The number of nitrogens with one attached hydrogen (secondary N) is 2. The predicted octanol–water partition coefficient (Wildman–Crippen LogP) is 4.95. The van der Waals surface area contributed by atoms with Crippen molar-refractivity contribution in [3.05, 3.63) is 59.7 Å². The smallest absolute Gasteiger partial charge is 0.407 e. The zero-order chi connectivity index (χ0) is 25.8. The third-order valence-corrected chi connectivity index (χ3v) is 6.64. The van der Waals surface area contributed by atoms with Crippen LogP contribution in [0.2, 0.25) is 0 Å². The molecule has 0 bridgehead atoms. The first-order valence-electron chi connectivity index (χ1n) is 12.1. The molecular formula is C28H36N2O5. The molecule has 0 heterocycles. The van der Waals surface area contributed by atoms with Crippen LogP contribution in [0.15, 0.2) is 48.5 Å². The SMILES string of the molecule is CC(NC(=O)C(CCC(C)(C)C)NC(=O)OCC1c2ccccc2-c2ccccc21)C(C)C(=O)O. The third-order valence-electron chi connectivity index (χ3n) is 6.64. The number of amides is 2. The Balaban J connectivity index is 1.67. The summed E-state index contributed by atoms with van der Waals surface area (Å²) in [5.41, 5.74) is 4.46. The standard InChI is InChI=1S/C28H36N2O5/c1-17(26(32)33)18(2)29-25(31)24(14-15-28(3,4)5)30-27(34)35-16-23-21-12-8-6-10-19(21)20-11-7-9-13-22(20)23/h6-13,17-18,23-24H,14-16H2,1-5H3,(H,29,31)(H,30,34)(H,32,33). The second-order valence-electron chi connectivity index (χ2n) is 10.5. The van der Waals surface area contributed by atoms with Crippen LogP contribution in [0.5, 0.6) is 0 Å². The number of carbonyl (C=O) groups is 3. The molecular weight excluding hydrogens is 444 g/mol. The van der Waals surface area contributed by atoms with Gasteiger partial charge in [-0.25, -0.2) is 4.79 Å². The Bertz CT molecular complexity index is 1030. The van der Waals surface area contributed by atoms with Crippen molar-refractivity contribution < 1.29 is 24.2 Å². The molecule has 0 saturated carbocycles. The lowest BCUT2D eigenvalue weighted by atomic mass is 9.88. The molecule has 3 unspecified atom stereocenters. The Kier molecular flexibility index (Phi) is 8.20. The van der Waals surface area contributed by atoms with Crippen LogP contribution in [-0.4, -0.2) is 41.8 Å². The topological polar surface area (TPSA) is 105 Å². The van der Waals surface area contributed by atoms with E-state index in [2.05, 4.69) is 43.5 Å². The van der Waals surface area contributed by atoms with Gasteiger partial charge in [-0.1, -0.05) is 69.3 Å². The molecule has 3 atom stereocenters. The molecule has 7 nitrogen and oxygen atoms in total. The first kappa shape index (κ1) is 26.3. The van der Waals surface area contributed by atoms with E-state index in [0.29, 0.717) is 12.8 Å². The average molecular weight is 481 g/mol. The maximum Gasteiger partial charge on any atom is 0.407 e. The number of hydrogen-bond donors (Lipinski definition) is 3. The maximum absolute atomic E-state index is 12.9. The van der Waals surface area contributed by atoms with E-state index in [-0.39, 0.29) is 17.9 Å². The molecule has 2 aromatic rings. The van der Waals surface area contributed by atoms with Gasteiger partial charge in [0.2, 0.25) is 5.91 Å². The van der Waals surface area contributed by atoms with Gasteiger partial charge < -0.3 is 20.5 Å². The van der Waals surface area contributed by atoms with E-state index in [4.69, 9.17) is 4.74 Å². The Labute approximate surface area is 207 Å². The Morgan fingerprint density at radius 1 is 0.943 bits per heavy atom. The van der Waals surface area contributed by atoms with Gasteiger partial charge in [-0.15, -0.1) is 0 Å². The first-order valence-corrected chi connectivity index (χ1v) is 12.1. The number of carboxylic acid groups (broad SMARTS) is 1. The molecule has 7 heteroatoms. The highest BCUT2D eigenvalue weighted by atomic mass is 16.5. The van der Waals surface area contributed by atoms with Gasteiger partial charge in [0.25, 0.3) is 0 Å². The molecule has 3 rings (SSSR count). The molecule has 2 amide bonds. The summed E-state index contributed by atoms with van der Waals surface area (Å²) in [5.74, 6) is -2.24. The normalized spacial score (nSPS) is 15.3. The van der Waals surface area contributed by atoms with Crippen molar-refractivity contribution in [2.24, 2.45) is 11.3 Å². The highest BCUT2D eigenvalue weighted by Gasteiger charge is 2.31. The minimum atomic E-state index is -0.992. The van der Waals surface area contributed by atoms with Crippen LogP contribution >= 0.6 is 0 Å². The van der Waals surface area contributed by atoms with Gasteiger partial charge in [0.15, 0.2) is 0 Å². The molecule has 188 valence electrons. The number of fused-ring (bicyclic) bond motifs is 3. The monoisotopic (exact) mass is 480 g/mol. The number of ether oxygens (including phenoxy) is 1. The number of carbonyl (C=O) groups excluding carboxylic acids is 2. The van der Waals surface area contributed by atoms with Gasteiger partial charge in [0.1, 0.15) is 12.6 Å². The number of rotatable bonds is 9. The molecule has 1 aliphatic carbocycles. The number of benzene rings is 2. The molecule has 0 saturated heterocycles. The van der Waals surface area contributed by atoms with Gasteiger partial charge in [0, 0.05) is 12.0 Å². The van der Waals surface area contributed by atoms with Crippen molar-refractivity contribution >= 4 is 18.0 Å². The quantitative estimate of drug-likeness (QED) is 0.471. The van der Waals surface area contributed by atoms with Gasteiger partial charge in [0.05, 0.1) is 5.92 Å². The van der Waals surface area contributed by atoms with Crippen LogP contribution in [0.1, 0.15) is 64.5 Å². The third kappa shape index (κ3) is 6.62. The van der Waals surface area contributed by atoms with E-state index < -0.39 is 36.0 Å². The fourth-order valence-corrected chi connectivity index (χ4v) is 4.29. The zero-order valence-electron chi connectivity index (χ0n) is 21.1. The first-order chi connectivity index (χ1) is 16.5. The van der Waals surface area contributed by atoms with Crippen LogP contribution in [0.4, 0.5) is 4.79 Å². The molecule has 0 fully saturated rings. The van der Waals surface area contributed by atoms with E-state index in [1.54, 1.807) is 6.92 Å². The van der Waals surface area contributed by atoms with Crippen LogP contribution in [0, 0.1) is 11.3 Å². The predicted molar refractivity (Wildman–Crippen MR) is 135 cm³/mol. The second kappa shape index (κ2) is 10.9. The van der Waals surface area contributed by atoms with Crippen LogP contribution in [0.25, 0.3) is 11.1 Å². The maximum atomic E-state index is 12.9. The summed E-state index contributed by atoms with van der Waals surface area (Å²) < 4.78 is 5.62. The van der Waals surface area contributed by atoms with Crippen molar-refractivity contribution in [3.8, 4) is 11.1 Å². The molecule has 0 radical (unpaired) electrons. The summed E-state index contributed by atoms with van der Waals surface area (Å²) >= 11 is 0. The summed E-state index contributed by atoms with van der Waals surface area (Å²) in [4.78, 5) is 37.0. The number of aliphatic carboxylic acids is 1. The number of alkyl carbamates (subject to hydrolysis) is 1. The zero-order valence-corrected chi connectivity index (χ0v) is 21.1. The molecule has 35 heavy (non-hydrogen) atoms. The average Bonchev–Trinajstić information content (AvgIpc) is 3.12. The Morgan fingerprint density at radius 2 is 1.49 bits per heavy atom. The molecule has 0 aliphatic heterocycles. The van der Waals surface area contributed by atoms with Gasteiger partial charge in [-0.05, 0) is 54.4 Å². The van der Waals surface area contributed by atoms with E-state index in [9.17, 15) is 19.5 Å². The van der Waals surface area contributed by atoms with E-state index in [0.717, 1.165) is 22.3 Å². The van der Waals surface area contributed by atoms with Crippen LogP contribution < -0.4 is 10.6 Å². The fraction of sp³-hybridized carbons (Fsp3) is 0.464. The molecule has 2 aromatic carbocycles. The number of carboxylic acids is 1. The molecule has 3 N–H and O–H groups in total. The molecule has 0 aromatic heterocycles. The van der Waals surface area contributed by atoms with Crippen molar-refractivity contribution in [2.45, 2.75) is 65.5 Å². The largest absolute Gasteiger partial charge is 0.481 e. The summed E-state index contributed by atoms with van der Waals surface area (Å²) in [6.07, 6.45) is 0.436. The lowest BCUT2D eigenvalue weighted by molar-refractivity contribution is -0.142. The van der Waals surface area contributed by atoms with Crippen LogP contribution in [-0.2, 0) is 14.3 Å². The van der Waals surface area contributed by atoms with E-state index in [1.807, 2.05) is 36.4 Å². The fourth-order valence-electron chi connectivity index (χ4n) is 4.29. The van der Waals surface area contributed by atoms with E-state index in [1.165, 1.54) is 6.92 Å². The van der Waals surface area contributed by atoms with Gasteiger partial charge in [-0.3, -0.25) is 9.59 Å². The lowest BCUT2D eigenvalue weighted by Crippen LogP contribution is -2.51. The minimum Gasteiger partial charge on any atom is -0.481 e. The van der Waals surface area contributed by atoms with Gasteiger partial charge >= 0.3 is 12.1 Å². The van der Waals surface area contributed by atoms with Crippen molar-refractivity contribution in [1.29, 1.82) is 0 Å². The Hall–Kier alpha value is -3.35. The lowest BCUT2D eigenvalue weighted by Gasteiger charge is -2.26. The van der Waals surface area contributed by atoms with Crippen molar-refractivity contribution in [1.82, 2.24) is 10.6 Å². The summed E-state index contributed by atoms with van der Waals surface area (Å²) in [5, 5.41) is 14.7. The van der Waals surface area contributed by atoms with E-state index >= 15 is 0 Å². The van der Waals surface area contributed by atoms with Crippen molar-refractivity contribution in [3.63, 3.8) is 0 Å². The summed E-state index contributed by atoms with van der Waals surface area (Å²) in [7, 11) is 0. The van der Waals surface area contributed by atoms with Gasteiger partial charge in [-0.2, -0.15) is 0 Å². The molecule has 1 aliphatic rings. The Morgan fingerprint density at radius 3 is 2.00 bits per heavy atom. The highest BCUT2D eigenvalue weighted by Crippen LogP contribution is 2.44. The summed E-state index contributed by atoms with van der Waals surface area (Å²) in [6, 6.07) is 14.8. The van der Waals surface area contributed by atoms with Crippen molar-refractivity contribution in [2.75, 3.05) is 6.61 Å². The number of hydrogen-bond acceptors (Lipinski definition) is 4. The molecule has 0 spiro atoms. The minimum absolute atomic E-state index is 0.0403. The highest BCUT2D eigenvalue weighted by molar-refractivity contribution is 5.86. The second-order valence-corrected chi connectivity index (χ2v) is 10.5.